The van der Waals surface area contributed by atoms with Crippen molar-refractivity contribution in [3.63, 3.8) is 0 Å². The molecule has 0 fully saturated rings. The Labute approximate surface area is 135 Å². The summed E-state index contributed by atoms with van der Waals surface area (Å²) in [7, 11) is 0. The van der Waals surface area contributed by atoms with Crippen molar-refractivity contribution in [2.45, 2.75) is 45.8 Å². The van der Waals surface area contributed by atoms with E-state index in [1.807, 2.05) is 0 Å². The molecule has 1 rings (SSSR count). The summed E-state index contributed by atoms with van der Waals surface area (Å²) < 4.78 is 18.4. The third-order valence-electron chi connectivity index (χ3n) is 2.95. The summed E-state index contributed by atoms with van der Waals surface area (Å²) >= 11 is 5.50. The zero-order chi connectivity index (χ0) is 16.9. The largest absolute Gasteiger partial charge is 0.444 e. The molecular formula is C16H21ClFNO3. The Morgan fingerprint density at radius 1 is 1.27 bits per heavy atom. The van der Waals surface area contributed by atoms with Gasteiger partial charge in [0, 0.05) is 13.0 Å². The maximum absolute atomic E-state index is 13.1. The number of carbonyl (C=O) groups excluding carboxylic acids is 2. The van der Waals surface area contributed by atoms with Crippen molar-refractivity contribution in [1.82, 2.24) is 4.90 Å². The third kappa shape index (κ3) is 5.64. The number of hydrogen-bond donors (Lipinski definition) is 0. The predicted molar refractivity (Wildman–Crippen MR) is 83.2 cm³/mol. The molecule has 0 aliphatic carbocycles. The van der Waals surface area contributed by atoms with E-state index in [1.54, 1.807) is 27.7 Å². The lowest BCUT2D eigenvalue weighted by atomic mass is 10.0. The molecule has 0 bridgehead atoms. The van der Waals surface area contributed by atoms with Crippen LogP contribution < -0.4 is 0 Å². The number of ether oxygens (including phenoxy) is 1. The van der Waals surface area contributed by atoms with E-state index < -0.39 is 23.0 Å². The van der Waals surface area contributed by atoms with Gasteiger partial charge < -0.3 is 9.64 Å². The number of halogens is 2. The third-order valence-corrected chi connectivity index (χ3v) is 3.11. The lowest BCUT2D eigenvalue weighted by Gasteiger charge is -2.32. The molecule has 0 saturated carbocycles. The second-order valence-electron chi connectivity index (χ2n) is 5.89. The molecule has 6 heteroatoms. The van der Waals surface area contributed by atoms with Gasteiger partial charge in [-0.1, -0.05) is 12.1 Å². The van der Waals surface area contributed by atoms with Gasteiger partial charge in [-0.2, -0.15) is 0 Å². The minimum Gasteiger partial charge on any atom is -0.444 e. The highest BCUT2D eigenvalue weighted by Gasteiger charge is 2.29. The number of hydrogen-bond acceptors (Lipinski definition) is 3. The molecule has 0 spiro atoms. The van der Waals surface area contributed by atoms with Crippen molar-refractivity contribution in [1.29, 1.82) is 0 Å². The van der Waals surface area contributed by atoms with Gasteiger partial charge in [-0.05, 0) is 57.0 Å². The molecule has 0 radical (unpaired) electrons. The number of nitrogens with zero attached hydrogens (tertiary/aromatic N) is 1. The summed E-state index contributed by atoms with van der Waals surface area (Å²) in [5.41, 5.74) is -0.0221. The zero-order valence-electron chi connectivity index (χ0n) is 13.2. The monoisotopic (exact) mass is 329 g/mol. The number of carbonyl (C=O) groups is 2. The van der Waals surface area contributed by atoms with E-state index in [0.717, 1.165) is 0 Å². The van der Waals surface area contributed by atoms with Crippen molar-refractivity contribution in [3.05, 3.63) is 35.6 Å². The van der Waals surface area contributed by atoms with Crippen LogP contribution in [0.3, 0.4) is 0 Å². The second kappa shape index (κ2) is 7.58. The smallest absolute Gasteiger partial charge is 0.410 e. The summed E-state index contributed by atoms with van der Waals surface area (Å²) in [4.78, 5) is 25.1. The summed E-state index contributed by atoms with van der Waals surface area (Å²) in [5.74, 6) is -0.389. The van der Waals surface area contributed by atoms with Crippen LogP contribution in [0.4, 0.5) is 9.18 Å². The first-order valence-electron chi connectivity index (χ1n) is 7.07. The van der Waals surface area contributed by atoms with Crippen LogP contribution in [0.15, 0.2) is 24.3 Å². The molecule has 0 aliphatic heterocycles. The molecule has 1 aromatic carbocycles. The lowest BCUT2D eigenvalue weighted by Crippen LogP contribution is -2.39. The van der Waals surface area contributed by atoms with Gasteiger partial charge in [-0.25, -0.2) is 9.18 Å². The molecule has 22 heavy (non-hydrogen) atoms. The molecule has 0 aliphatic rings. The SMILES string of the molecule is CCN(C(=O)OC(C)(C)C)[C@H](CC(=O)Cl)c1ccc(F)cc1. The minimum atomic E-state index is -0.650. The molecule has 1 aromatic rings. The van der Waals surface area contributed by atoms with Crippen LogP contribution in [0.25, 0.3) is 0 Å². The van der Waals surface area contributed by atoms with Crippen molar-refractivity contribution in [2.75, 3.05) is 6.54 Å². The molecule has 0 aromatic heterocycles. The Morgan fingerprint density at radius 3 is 2.23 bits per heavy atom. The van der Waals surface area contributed by atoms with Gasteiger partial charge in [0.25, 0.3) is 0 Å². The first kappa shape index (κ1) is 18.4. The molecule has 0 saturated heterocycles. The topological polar surface area (TPSA) is 46.6 Å². The zero-order valence-corrected chi connectivity index (χ0v) is 14.0. The van der Waals surface area contributed by atoms with E-state index in [0.29, 0.717) is 12.1 Å². The van der Waals surface area contributed by atoms with Gasteiger partial charge in [0.15, 0.2) is 0 Å². The standard InChI is InChI=1S/C16H21ClFNO3/c1-5-19(15(21)22-16(2,3)4)13(10-14(17)20)11-6-8-12(18)9-7-11/h6-9,13H,5,10H2,1-4H3/t13-/m1/s1. The van der Waals surface area contributed by atoms with Gasteiger partial charge in [-0.15, -0.1) is 0 Å². The summed E-state index contributed by atoms with van der Waals surface area (Å²) in [5, 5.41) is -0.573. The molecule has 122 valence electrons. The average molecular weight is 330 g/mol. The van der Waals surface area contributed by atoms with E-state index in [4.69, 9.17) is 16.3 Å². The van der Waals surface area contributed by atoms with Crippen LogP contribution in [0.1, 0.15) is 45.7 Å². The number of benzene rings is 1. The van der Waals surface area contributed by atoms with E-state index in [2.05, 4.69) is 0 Å². The molecule has 1 amide bonds. The van der Waals surface area contributed by atoms with E-state index in [1.165, 1.54) is 29.2 Å². The molecule has 4 nitrogen and oxygen atoms in total. The van der Waals surface area contributed by atoms with Gasteiger partial charge in [0.1, 0.15) is 11.4 Å². The second-order valence-corrected chi connectivity index (χ2v) is 6.31. The highest BCUT2D eigenvalue weighted by Crippen LogP contribution is 2.27. The van der Waals surface area contributed by atoms with Gasteiger partial charge >= 0.3 is 6.09 Å². The first-order chi connectivity index (χ1) is 10.1. The highest BCUT2D eigenvalue weighted by molar-refractivity contribution is 6.63. The fraction of sp³-hybridized carbons (Fsp3) is 0.500. The maximum Gasteiger partial charge on any atom is 0.410 e. The van der Waals surface area contributed by atoms with Crippen LogP contribution in [0.2, 0.25) is 0 Å². The average Bonchev–Trinajstić information content (AvgIpc) is 2.36. The molecule has 1 atom stereocenters. The van der Waals surface area contributed by atoms with Crippen LogP contribution in [0.5, 0.6) is 0 Å². The lowest BCUT2D eigenvalue weighted by molar-refractivity contribution is -0.112. The Hall–Kier alpha value is -1.62. The van der Waals surface area contributed by atoms with Crippen molar-refractivity contribution in [3.8, 4) is 0 Å². The van der Waals surface area contributed by atoms with Crippen molar-refractivity contribution in [2.24, 2.45) is 0 Å². The maximum atomic E-state index is 13.1. The summed E-state index contributed by atoms with van der Waals surface area (Å²) in [6, 6.07) is 5.04. The molecule has 0 N–H and O–H groups in total. The van der Waals surface area contributed by atoms with E-state index in [-0.39, 0.29) is 12.2 Å². The fourth-order valence-corrected chi connectivity index (χ4v) is 2.19. The van der Waals surface area contributed by atoms with Gasteiger partial charge in [0.2, 0.25) is 5.24 Å². The normalized spacial score (nSPS) is 12.6. The van der Waals surface area contributed by atoms with E-state index >= 15 is 0 Å². The Bertz CT molecular complexity index is 525. The Kier molecular flexibility index (Phi) is 6.35. The molecular weight excluding hydrogens is 309 g/mol. The van der Waals surface area contributed by atoms with Crippen LogP contribution in [-0.4, -0.2) is 28.4 Å². The molecule has 0 heterocycles. The Morgan fingerprint density at radius 2 is 1.82 bits per heavy atom. The number of amides is 1. The van der Waals surface area contributed by atoms with Gasteiger partial charge in [-0.3, -0.25) is 4.79 Å². The summed E-state index contributed by atoms with van der Waals surface area (Å²) in [6.45, 7) is 7.40. The van der Waals surface area contributed by atoms with Gasteiger partial charge in [0.05, 0.1) is 6.04 Å². The minimum absolute atomic E-state index is 0.0692. The highest BCUT2D eigenvalue weighted by atomic mass is 35.5. The van der Waals surface area contributed by atoms with Crippen LogP contribution >= 0.6 is 11.6 Å². The quantitative estimate of drug-likeness (QED) is 0.757. The van der Waals surface area contributed by atoms with Crippen LogP contribution in [0, 0.1) is 5.82 Å². The molecule has 0 unspecified atom stereocenters. The first-order valence-corrected chi connectivity index (χ1v) is 7.45. The van der Waals surface area contributed by atoms with Crippen LogP contribution in [-0.2, 0) is 9.53 Å². The fourth-order valence-electron chi connectivity index (χ4n) is 2.04. The summed E-state index contributed by atoms with van der Waals surface area (Å²) in [6.07, 6.45) is -0.609. The predicted octanol–water partition coefficient (Wildman–Crippen LogP) is 4.28. The van der Waals surface area contributed by atoms with Crippen molar-refractivity contribution < 1.29 is 18.7 Å². The Balaban J connectivity index is 3.09. The number of rotatable bonds is 5. The van der Waals surface area contributed by atoms with Crippen molar-refractivity contribution >= 4 is 22.9 Å². The van der Waals surface area contributed by atoms with E-state index in [9.17, 15) is 14.0 Å².